The molecular formula is C54H97N21O18. The van der Waals surface area contributed by atoms with Crippen LogP contribution in [0.15, 0.2) is 4.99 Å². The molecule has 0 saturated carbocycles. The molecule has 93 heavy (non-hydrogen) atoms. The lowest BCUT2D eigenvalue weighted by molar-refractivity contribution is -0.141. The Bertz CT molecular complexity index is 2540. The zero-order valence-corrected chi connectivity index (χ0v) is 53.1. The lowest BCUT2D eigenvalue weighted by atomic mass is 10.0. The molecule has 0 aromatic heterocycles. The van der Waals surface area contributed by atoms with Gasteiger partial charge in [0.05, 0.1) is 59.0 Å². The summed E-state index contributed by atoms with van der Waals surface area (Å²) in [4.78, 5) is 207. The third-order valence-electron chi connectivity index (χ3n) is 12.8. The number of nitrogens with zero attached hydrogens (tertiary/aromatic N) is 1. The summed E-state index contributed by atoms with van der Waals surface area (Å²) >= 11 is 0. The molecule has 0 unspecified atom stereocenters. The predicted octanol–water partition coefficient (Wildman–Crippen LogP) is -11.1. The Labute approximate surface area is 537 Å². The van der Waals surface area contributed by atoms with E-state index in [2.05, 4.69) is 84.7 Å². The highest BCUT2D eigenvalue weighted by Gasteiger charge is 2.29. The van der Waals surface area contributed by atoms with Gasteiger partial charge in [0.1, 0.15) is 42.3 Å². The Balaban J connectivity index is 5.70. The van der Waals surface area contributed by atoms with Gasteiger partial charge in [-0.05, 0) is 103 Å². The smallest absolute Gasteiger partial charge is 0.325 e. The van der Waals surface area contributed by atoms with Crippen LogP contribution in [-0.2, 0) is 76.7 Å². The van der Waals surface area contributed by atoms with E-state index in [0.717, 1.165) is 0 Å². The number of hydrogen-bond donors (Lipinski definition) is 22. The molecule has 0 aliphatic rings. The summed E-state index contributed by atoms with van der Waals surface area (Å²) in [6.07, 6.45) is 2.57. The number of aliphatic imine (C=N–C) groups is 1. The summed E-state index contributed by atoms with van der Waals surface area (Å²) < 4.78 is 0. The fourth-order valence-electron chi connectivity index (χ4n) is 7.90. The van der Waals surface area contributed by atoms with Crippen molar-refractivity contribution in [2.24, 2.45) is 39.6 Å². The zero-order valence-electron chi connectivity index (χ0n) is 53.1. The summed E-state index contributed by atoms with van der Waals surface area (Å²) in [5.41, 5.74) is 27.4. The molecule has 0 saturated heterocycles. The quantitative estimate of drug-likeness (QED) is 0.0153. The standard InChI is InChI=1S/C54H97N21O18/c1-30(2)20-38(52(91)69-27-45(84)72-34(12-5-8-16-55)48(87)65-21-39(78)62-23-41(80)70-31(3)53(92)93)75-46(85)28-68-50(89)35(13-6-9-17-56)71-42(81)24-63-40(79)22-66-49(88)36(14-7-10-18-60-32(4)77)73-44(83)26-67-51(90)37(15-11-19-61-54(58)59)74-43(82)25-64-47(86)33(57)29-76/h30-31,33-38,76H,5-29,55-57H2,1-4H3,(H,60,77)(H,62,78)(H,63,79)(H,64,86)(H,65,87)(H,66,88)(H,67,90)(H,68,89)(H,69,91)(H,70,80)(H,71,81)(H,72,84)(H,73,83)(H,74,82)(H,75,85)(H,92,93)(H4,58,59,61)/t31-,33-,34-,35-,36-,37-,38-/m0/s1. The summed E-state index contributed by atoms with van der Waals surface area (Å²) in [6, 6.07) is -8.77. The topological polar surface area (TPSA) is 636 Å². The van der Waals surface area contributed by atoms with Gasteiger partial charge < -0.3 is 119 Å². The number of carbonyl (C=O) groups excluding carboxylic acids is 15. The molecule has 0 aliphatic carbocycles. The van der Waals surface area contributed by atoms with Crippen LogP contribution in [0.3, 0.4) is 0 Å². The van der Waals surface area contributed by atoms with Crippen LogP contribution >= 0.6 is 0 Å². The molecule has 0 bridgehead atoms. The van der Waals surface area contributed by atoms with Crippen molar-refractivity contribution in [3.63, 3.8) is 0 Å². The van der Waals surface area contributed by atoms with E-state index < -0.39 is 190 Å². The number of unbranched alkanes of at least 4 members (excludes halogenated alkanes) is 3. The largest absolute Gasteiger partial charge is 0.480 e. The second kappa shape index (κ2) is 48.4. The molecule has 15 amide bonds. The Hall–Kier alpha value is -9.37. The maximum absolute atomic E-state index is 13.4. The minimum Gasteiger partial charge on any atom is -0.480 e. The first-order chi connectivity index (χ1) is 43.9. The van der Waals surface area contributed by atoms with Crippen LogP contribution in [0.5, 0.6) is 0 Å². The molecule has 526 valence electrons. The number of aliphatic carboxylic acids is 1. The number of nitrogens with two attached hydrogens (primary N) is 5. The number of guanidine groups is 1. The predicted molar refractivity (Wildman–Crippen MR) is 332 cm³/mol. The van der Waals surface area contributed by atoms with E-state index >= 15 is 0 Å². The lowest BCUT2D eigenvalue weighted by Crippen LogP contribution is -2.55. The van der Waals surface area contributed by atoms with Gasteiger partial charge in [0.15, 0.2) is 5.96 Å². The first kappa shape index (κ1) is 83.6. The van der Waals surface area contributed by atoms with Crippen LogP contribution in [0.2, 0.25) is 0 Å². The number of rotatable bonds is 49. The highest BCUT2D eigenvalue weighted by molar-refractivity contribution is 5.97. The minimum atomic E-state index is -1.31. The van der Waals surface area contributed by atoms with E-state index in [1.54, 1.807) is 13.8 Å². The van der Waals surface area contributed by atoms with Crippen molar-refractivity contribution in [2.45, 2.75) is 147 Å². The maximum Gasteiger partial charge on any atom is 0.325 e. The molecule has 27 N–H and O–H groups in total. The van der Waals surface area contributed by atoms with Gasteiger partial charge in [-0.15, -0.1) is 0 Å². The number of aliphatic hydroxyl groups is 1. The SMILES string of the molecule is CC(=O)NCCCC[C@H](NC(=O)CNC(=O)[C@H](CCCN=C(N)N)NC(=O)CNC(=O)[C@@H](N)CO)C(=O)NCC(=O)NCC(=O)N[C@@H](CCCCN)C(=O)NCC(=O)N[C@@H](CC(C)C)C(=O)NCC(=O)N[C@@H](CCCCN)C(=O)NCC(=O)NCC(=O)N[C@@H](C)C(=O)O. The Morgan fingerprint density at radius 3 is 1.04 bits per heavy atom. The number of aliphatic hydroxyl groups excluding tert-OH is 1. The van der Waals surface area contributed by atoms with Gasteiger partial charge in [0.25, 0.3) is 0 Å². The fourth-order valence-corrected chi connectivity index (χ4v) is 7.90. The molecule has 39 heteroatoms. The molecule has 0 radical (unpaired) electrons. The molecule has 39 nitrogen and oxygen atoms in total. The molecule has 0 rings (SSSR count). The van der Waals surface area contributed by atoms with Gasteiger partial charge in [0.2, 0.25) is 88.6 Å². The number of carbonyl (C=O) groups is 16. The minimum absolute atomic E-state index is 0.0168. The average molecular weight is 1330 g/mol. The average Bonchev–Trinajstić information content (AvgIpc) is 2.45. The first-order valence-corrected chi connectivity index (χ1v) is 30.2. The van der Waals surface area contributed by atoms with Gasteiger partial charge in [-0.3, -0.25) is 81.7 Å². The molecule has 0 heterocycles. The van der Waals surface area contributed by atoms with E-state index in [1.165, 1.54) is 13.8 Å². The van der Waals surface area contributed by atoms with Crippen LogP contribution < -0.4 is 108 Å². The Kier molecular flexibility index (Phi) is 43.5. The third kappa shape index (κ3) is 41.6. The van der Waals surface area contributed by atoms with Gasteiger partial charge in [-0.25, -0.2) is 0 Å². The monoisotopic (exact) mass is 1330 g/mol. The van der Waals surface area contributed by atoms with E-state index in [9.17, 15) is 76.7 Å². The first-order valence-electron chi connectivity index (χ1n) is 30.2. The van der Waals surface area contributed by atoms with Crippen molar-refractivity contribution in [2.75, 3.05) is 85.1 Å². The van der Waals surface area contributed by atoms with Crippen molar-refractivity contribution in [3.05, 3.63) is 0 Å². The normalized spacial score (nSPS) is 12.9. The zero-order chi connectivity index (χ0) is 70.4. The second-order valence-corrected chi connectivity index (χ2v) is 21.5. The highest BCUT2D eigenvalue weighted by Crippen LogP contribution is 2.07. The molecule has 0 spiro atoms. The fraction of sp³-hybridized carbons (Fsp3) is 0.685. The Morgan fingerprint density at radius 2 is 0.710 bits per heavy atom. The Morgan fingerprint density at radius 1 is 0.398 bits per heavy atom. The maximum atomic E-state index is 13.4. The van der Waals surface area contributed by atoms with Gasteiger partial charge in [-0.1, -0.05) is 13.8 Å². The molecular weight excluding hydrogens is 1230 g/mol. The summed E-state index contributed by atoms with van der Waals surface area (Å²) in [7, 11) is 0. The van der Waals surface area contributed by atoms with Crippen molar-refractivity contribution >= 4 is 101 Å². The highest BCUT2D eigenvalue weighted by atomic mass is 16.4. The van der Waals surface area contributed by atoms with Gasteiger partial charge in [-0.2, -0.15) is 0 Å². The van der Waals surface area contributed by atoms with Crippen LogP contribution in [0.1, 0.15) is 105 Å². The van der Waals surface area contributed by atoms with Gasteiger partial charge >= 0.3 is 5.97 Å². The summed E-state index contributed by atoms with van der Waals surface area (Å²) in [6.45, 7) is 0.873. The molecule has 0 aromatic carbocycles. The van der Waals surface area contributed by atoms with Crippen molar-refractivity contribution in [1.82, 2.24) is 79.8 Å². The third-order valence-corrected chi connectivity index (χ3v) is 12.8. The summed E-state index contributed by atoms with van der Waals surface area (Å²) in [5.74, 6) is -13.6. The van der Waals surface area contributed by atoms with E-state index in [0.29, 0.717) is 32.1 Å². The van der Waals surface area contributed by atoms with Crippen LogP contribution in [-0.4, -0.2) is 238 Å². The van der Waals surface area contributed by atoms with Crippen molar-refractivity contribution in [3.8, 4) is 0 Å². The molecule has 7 atom stereocenters. The van der Waals surface area contributed by atoms with E-state index in [4.69, 9.17) is 38.9 Å². The van der Waals surface area contributed by atoms with Crippen LogP contribution in [0.4, 0.5) is 0 Å². The number of amides is 15. The van der Waals surface area contributed by atoms with Crippen molar-refractivity contribution in [1.29, 1.82) is 0 Å². The number of nitrogens with one attached hydrogen (secondary N) is 15. The second-order valence-electron chi connectivity index (χ2n) is 21.5. The van der Waals surface area contributed by atoms with E-state index in [-0.39, 0.29) is 88.9 Å². The number of hydrogen-bond acceptors (Lipinski definition) is 21. The number of carboxylic acid groups (broad SMARTS) is 1. The van der Waals surface area contributed by atoms with Crippen molar-refractivity contribution < 1.29 is 86.9 Å². The van der Waals surface area contributed by atoms with Crippen LogP contribution in [0.25, 0.3) is 0 Å². The number of carboxylic acids is 1. The molecule has 0 aliphatic heterocycles. The van der Waals surface area contributed by atoms with E-state index in [1.807, 2.05) is 0 Å². The summed E-state index contributed by atoms with van der Waals surface area (Å²) in [5, 5.41) is 53.7. The van der Waals surface area contributed by atoms with Crippen LogP contribution in [0, 0.1) is 5.92 Å². The van der Waals surface area contributed by atoms with Gasteiger partial charge in [0, 0.05) is 20.0 Å². The molecule has 0 fully saturated rings. The lowest BCUT2D eigenvalue weighted by Gasteiger charge is -2.22. The molecule has 0 aromatic rings.